The number of carbonyl (C=O) groups excluding carboxylic acids is 2. The molecule has 29 heavy (non-hydrogen) atoms. The van der Waals surface area contributed by atoms with E-state index in [-0.39, 0.29) is 18.3 Å². The van der Waals surface area contributed by atoms with Gasteiger partial charge in [0.15, 0.2) is 0 Å². The number of rotatable bonds is 6. The molecular weight excluding hydrogens is 380 g/mol. The Labute approximate surface area is 168 Å². The summed E-state index contributed by atoms with van der Waals surface area (Å²) < 4.78 is 10.7. The number of non-ortho nitro benzene ring substituents is 1. The van der Waals surface area contributed by atoms with Gasteiger partial charge in [0.2, 0.25) is 0 Å². The number of carbonyl (C=O) groups is 2. The van der Waals surface area contributed by atoms with E-state index < -0.39 is 16.9 Å². The van der Waals surface area contributed by atoms with Gasteiger partial charge in [-0.25, -0.2) is 9.59 Å². The minimum absolute atomic E-state index is 0.112. The van der Waals surface area contributed by atoms with Crippen LogP contribution in [0.3, 0.4) is 0 Å². The van der Waals surface area contributed by atoms with Crippen LogP contribution in [0.5, 0.6) is 0 Å². The molecule has 10 heteroatoms. The molecule has 1 saturated heterocycles. The van der Waals surface area contributed by atoms with Crippen LogP contribution in [-0.2, 0) is 14.3 Å². The molecule has 2 aliphatic heterocycles. The molecule has 10 nitrogen and oxygen atoms in total. The van der Waals surface area contributed by atoms with Crippen molar-refractivity contribution in [1.82, 2.24) is 10.2 Å². The van der Waals surface area contributed by atoms with Crippen molar-refractivity contribution in [3.63, 3.8) is 0 Å². The van der Waals surface area contributed by atoms with Crippen LogP contribution in [0.1, 0.15) is 18.5 Å². The summed E-state index contributed by atoms with van der Waals surface area (Å²) in [5.74, 6) is -0.543. The molecule has 2 amide bonds. The van der Waals surface area contributed by atoms with E-state index in [1.54, 1.807) is 20.0 Å². The van der Waals surface area contributed by atoms with Crippen LogP contribution in [0.2, 0.25) is 0 Å². The van der Waals surface area contributed by atoms with Crippen LogP contribution < -0.4 is 10.2 Å². The number of urea groups is 1. The number of nitro benzene ring substituents is 1. The van der Waals surface area contributed by atoms with Crippen molar-refractivity contribution in [2.45, 2.75) is 13.0 Å². The van der Waals surface area contributed by atoms with Crippen LogP contribution in [0.4, 0.5) is 10.5 Å². The van der Waals surface area contributed by atoms with E-state index in [1.165, 1.54) is 28.0 Å². The number of quaternary nitrogens is 1. The van der Waals surface area contributed by atoms with Crippen LogP contribution in [0.25, 0.3) is 0 Å². The maximum absolute atomic E-state index is 12.9. The Morgan fingerprint density at radius 3 is 2.79 bits per heavy atom. The monoisotopic (exact) mass is 405 g/mol. The third kappa shape index (κ3) is 4.54. The molecule has 0 radical (unpaired) electrons. The predicted octanol–water partition coefficient (Wildman–Crippen LogP) is 0.0232. The van der Waals surface area contributed by atoms with Crippen LogP contribution in [0, 0.1) is 10.1 Å². The average Bonchev–Trinajstić information content (AvgIpc) is 2.72. The van der Waals surface area contributed by atoms with Gasteiger partial charge in [0.25, 0.3) is 5.69 Å². The number of benzene rings is 1. The van der Waals surface area contributed by atoms with E-state index in [0.29, 0.717) is 36.6 Å². The highest BCUT2D eigenvalue weighted by Gasteiger charge is 2.38. The molecule has 2 aliphatic rings. The van der Waals surface area contributed by atoms with Gasteiger partial charge in [-0.1, -0.05) is 12.1 Å². The molecule has 0 unspecified atom stereocenters. The van der Waals surface area contributed by atoms with Gasteiger partial charge in [0.05, 0.1) is 42.1 Å². The standard InChI is InChI=1S/C19H24N4O6/c1-3-29-18(24)16-15(12-22-7-9-28-10-8-22)21(2)19(25)20-17(16)13-5-4-6-14(11-13)23(26)27/h4-6,11,17H,3,7-10,12H2,1-2H3,(H,20,25)/p+1/t17-/m1/s1. The summed E-state index contributed by atoms with van der Waals surface area (Å²) in [5, 5.41) is 14.0. The molecular formula is C19H25N4O6+. The van der Waals surface area contributed by atoms with Crippen LogP contribution in [-0.4, -0.2) is 68.3 Å². The highest BCUT2D eigenvalue weighted by molar-refractivity contribution is 5.95. The lowest BCUT2D eigenvalue weighted by molar-refractivity contribution is -0.904. The van der Waals surface area contributed by atoms with Crippen molar-refractivity contribution in [2.24, 2.45) is 0 Å². The molecule has 2 N–H and O–H groups in total. The summed E-state index contributed by atoms with van der Waals surface area (Å²) in [6.07, 6.45) is 0. The molecule has 0 aliphatic carbocycles. The highest BCUT2D eigenvalue weighted by Crippen LogP contribution is 2.32. The molecule has 0 spiro atoms. The summed E-state index contributed by atoms with van der Waals surface area (Å²) in [6, 6.07) is 4.72. The Bertz CT molecular complexity index is 834. The van der Waals surface area contributed by atoms with E-state index in [1.807, 2.05) is 0 Å². The Kier molecular flexibility index (Phi) is 6.45. The molecule has 0 bridgehead atoms. The van der Waals surface area contributed by atoms with Gasteiger partial charge in [-0.05, 0) is 12.5 Å². The molecule has 1 aromatic carbocycles. The predicted molar refractivity (Wildman–Crippen MR) is 102 cm³/mol. The first kappa shape index (κ1) is 20.7. The molecule has 1 atom stereocenters. The molecule has 0 saturated carbocycles. The zero-order valence-corrected chi connectivity index (χ0v) is 16.5. The summed E-state index contributed by atoms with van der Waals surface area (Å²) in [7, 11) is 1.60. The number of likely N-dealkylation sites (N-methyl/N-ethyl adjacent to an activating group) is 1. The van der Waals surface area contributed by atoms with E-state index in [0.717, 1.165) is 13.1 Å². The fraction of sp³-hybridized carbons (Fsp3) is 0.474. The zero-order chi connectivity index (χ0) is 21.0. The van der Waals surface area contributed by atoms with Crippen molar-refractivity contribution >= 4 is 17.7 Å². The minimum Gasteiger partial charge on any atom is -0.463 e. The summed E-state index contributed by atoms with van der Waals surface area (Å²) >= 11 is 0. The third-order valence-corrected chi connectivity index (χ3v) is 5.10. The zero-order valence-electron chi connectivity index (χ0n) is 16.5. The van der Waals surface area contributed by atoms with E-state index in [2.05, 4.69) is 5.32 Å². The maximum Gasteiger partial charge on any atom is 0.338 e. The number of ether oxygens (including phenoxy) is 2. The van der Waals surface area contributed by atoms with Crippen molar-refractivity contribution < 1.29 is 28.9 Å². The second-order valence-electron chi connectivity index (χ2n) is 6.91. The number of hydrogen-bond donors (Lipinski definition) is 2. The first-order valence-electron chi connectivity index (χ1n) is 9.52. The molecule has 0 aromatic heterocycles. The van der Waals surface area contributed by atoms with Gasteiger partial charge in [-0.3, -0.25) is 15.0 Å². The Morgan fingerprint density at radius 1 is 1.41 bits per heavy atom. The first-order valence-corrected chi connectivity index (χ1v) is 9.52. The minimum atomic E-state index is -0.826. The average molecular weight is 405 g/mol. The van der Waals surface area contributed by atoms with Crippen molar-refractivity contribution in [1.29, 1.82) is 0 Å². The third-order valence-electron chi connectivity index (χ3n) is 5.10. The Hall–Kier alpha value is -2.98. The van der Waals surface area contributed by atoms with E-state index in [9.17, 15) is 19.7 Å². The lowest BCUT2D eigenvalue weighted by atomic mass is 9.94. The number of morpholine rings is 1. The number of nitrogens with zero attached hydrogens (tertiary/aromatic N) is 2. The SMILES string of the molecule is CCOC(=O)C1=C(C[NH+]2CCOCC2)N(C)C(=O)N[C@@H]1c1cccc([N+](=O)[O-])c1. The van der Waals surface area contributed by atoms with Gasteiger partial charge in [-0.2, -0.15) is 0 Å². The molecule has 3 rings (SSSR count). The van der Waals surface area contributed by atoms with Gasteiger partial charge < -0.3 is 19.7 Å². The Balaban J connectivity index is 2.07. The van der Waals surface area contributed by atoms with E-state index >= 15 is 0 Å². The van der Waals surface area contributed by atoms with Crippen molar-refractivity contribution in [3.05, 3.63) is 51.2 Å². The smallest absolute Gasteiger partial charge is 0.338 e. The molecule has 1 fully saturated rings. The summed E-state index contributed by atoms with van der Waals surface area (Å²) in [5.41, 5.74) is 1.20. The normalized spacial score (nSPS) is 20.4. The van der Waals surface area contributed by atoms with Gasteiger partial charge in [0, 0.05) is 19.2 Å². The lowest BCUT2D eigenvalue weighted by Gasteiger charge is -2.36. The quantitative estimate of drug-likeness (QED) is 0.392. The first-order chi connectivity index (χ1) is 13.9. The number of hydrogen-bond acceptors (Lipinski definition) is 6. The molecule has 2 heterocycles. The van der Waals surface area contributed by atoms with Gasteiger partial charge in [-0.15, -0.1) is 0 Å². The van der Waals surface area contributed by atoms with Crippen molar-refractivity contribution in [3.8, 4) is 0 Å². The number of nitro groups is 1. The Morgan fingerprint density at radius 2 is 2.14 bits per heavy atom. The van der Waals surface area contributed by atoms with E-state index in [4.69, 9.17) is 9.47 Å². The van der Waals surface area contributed by atoms with Crippen LogP contribution >= 0.6 is 0 Å². The topological polar surface area (TPSA) is 115 Å². The molecule has 1 aromatic rings. The number of nitrogens with one attached hydrogen (secondary N) is 2. The summed E-state index contributed by atoms with van der Waals surface area (Å²) in [4.78, 5) is 38.8. The number of amides is 2. The highest BCUT2D eigenvalue weighted by atomic mass is 16.6. The largest absolute Gasteiger partial charge is 0.463 e. The van der Waals surface area contributed by atoms with Gasteiger partial charge >= 0.3 is 12.0 Å². The van der Waals surface area contributed by atoms with Crippen molar-refractivity contribution in [2.75, 3.05) is 46.5 Å². The second-order valence-corrected chi connectivity index (χ2v) is 6.91. The fourth-order valence-corrected chi connectivity index (χ4v) is 3.56. The second kappa shape index (κ2) is 9.01. The molecule has 156 valence electrons. The lowest BCUT2D eigenvalue weighted by Crippen LogP contribution is -3.14. The maximum atomic E-state index is 12.9. The van der Waals surface area contributed by atoms with Gasteiger partial charge in [0.1, 0.15) is 19.6 Å². The van der Waals surface area contributed by atoms with Crippen LogP contribution in [0.15, 0.2) is 35.5 Å². The summed E-state index contributed by atoms with van der Waals surface area (Å²) in [6.45, 7) is 5.08. The number of esters is 1. The fourth-order valence-electron chi connectivity index (χ4n) is 3.56.